The topological polar surface area (TPSA) is 98.5 Å². The molecule has 0 aliphatic rings. The quantitative estimate of drug-likeness (QED) is 0.598. The normalized spacial score (nSPS) is 10.3. The van der Waals surface area contributed by atoms with Crippen molar-refractivity contribution in [3.63, 3.8) is 0 Å². The lowest BCUT2D eigenvalue weighted by atomic mass is 10.1. The second-order valence-electron chi connectivity index (χ2n) is 3.99. The minimum Gasteiger partial charge on any atom is -0.338 e. The Hall–Kier alpha value is -2.31. The van der Waals surface area contributed by atoms with Crippen LogP contribution >= 0.6 is 0 Å². The highest BCUT2D eigenvalue weighted by Gasteiger charge is 2.03. The highest BCUT2D eigenvalue weighted by molar-refractivity contribution is 5.88. The van der Waals surface area contributed by atoms with E-state index in [1.807, 2.05) is 13.1 Å². The summed E-state index contributed by atoms with van der Waals surface area (Å²) in [6.45, 7) is 2.61. The van der Waals surface area contributed by atoms with Crippen LogP contribution in [0.5, 0.6) is 0 Å². The summed E-state index contributed by atoms with van der Waals surface area (Å²) in [6, 6.07) is -0.222. The van der Waals surface area contributed by atoms with E-state index < -0.39 is 0 Å². The Labute approximate surface area is 104 Å². The summed E-state index contributed by atoms with van der Waals surface area (Å²) in [5, 5.41) is 18.6. The number of hydrogen-bond acceptors (Lipinski definition) is 3. The Morgan fingerprint density at radius 1 is 1.39 bits per heavy atom. The summed E-state index contributed by atoms with van der Waals surface area (Å²) in [5.74, 6) is 0. The molecule has 2 rings (SSSR count). The van der Waals surface area contributed by atoms with Crippen LogP contribution in [0.4, 0.5) is 10.5 Å². The van der Waals surface area contributed by atoms with Crippen molar-refractivity contribution >= 4 is 11.7 Å². The molecule has 2 aromatic rings. The van der Waals surface area contributed by atoms with Crippen molar-refractivity contribution < 1.29 is 4.79 Å². The molecule has 18 heavy (non-hydrogen) atoms. The number of carbonyl (C=O) groups is 1. The molecule has 7 heteroatoms. The highest BCUT2D eigenvalue weighted by atomic mass is 16.2. The van der Waals surface area contributed by atoms with Crippen LogP contribution in [0.1, 0.15) is 17.7 Å². The summed E-state index contributed by atoms with van der Waals surface area (Å²) < 4.78 is 0. The number of aromatic amines is 2. The number of rotatable bonds is 5. The number of urea groups is 1. The molecule has 2 aromatic heterocycles. The first-order valence-electron chi connectivity index (χ1n) is 5.78. The molecule has 7 nitrogen and oxygen atoms in total. The van der Waals surface area contributed by atoms with E-state index in [2.05, 4.69) is 31.0 Å². The smallest absolute Gasteiger partial charge is 0.319 e. The third-order valence-corrected chi connectivity index (χ3v) is 2.60. The summed E-state index contributed by atoms with van der Waals surface area (Å²) in [5.41, 5.74) is 2.92. The van der Waals surface area contributed by atoms with Crippen molar-refractivity contribution in [2.45, 2.75) is 19.8 Å². The van der Waals surface area contributed by atoms with Crippen molar-refractivity contribution in [2.24, 2.45) is 0 Å². The molecule has 2 heterocycles. The van der Waals surface area contributed by atoms with E-state index in [1.165, 1.54) is 5.56 Å². The Bertz CT molecular complexity index is 489. The summed E-state index contributed by atoms with van der Waals surface area (Å²) >= 11 is 0. The van der Waals surface area contributed by atoms with Gasteiger partial charge in [0.15, 0.2) is 0 Å². The van der Waals surface area contributed by atoms with Crippen molar-refractivity contribution in [3.8, 4) is 0 Å². The first kappa shape index (κ1) is 12.2. The first-order valence-corrected chi connectivity index (χ1v) is 5.78. The van der Waals surface area contributed by atoms with Gasteiger partial charge in [0.25, 0.3) is 0 Å². The fourth-order valence-corrected chi connectivity index (χ4v) is 1.60. The van der Waals surface area contributed by atoms with E-state index in [1.54, 1.807) is 12.4 Å². The Morgan fingerprint density at radius 2 is 2.28 bits per heavy atom. The fraction of sp³-hybridized carbons (Fsp3) is 0.364. The lowest BCUT2D eigenvalue weighted by molar-refractivity contribution is 0.252. The molecule has 2 amide bonds. The second-order valence-corrected chi connectivity index (χ2v) is 3.99. The maximum atomic E-state index is 11.5. The largest absolute Gasteiger partial charge is 0.338 e. The van der Waals surface area contributed by atoms with Gasteiger partial charge in [-0.1, -0.05) is 0 Å². The van der Waals surface area contributed by atoms with Crippen molar-refractivity contribution in [2.75, 3.05) is 11.9 Å². The second kappa shape index (κ2) is 5.85. The lowest BCUT2D eigenvalue weighted by Crippen LogP contribution is -2.29. The number of nitrogens with one attached hydrogen (secondary N) is 4. The van der Waals surface area contributed by atoms with Crippen LogP contribution in [0.2, 0.25) is 0 Å². The van der Waals surface area contributed by atoms with Gasteiger partial charge in [0.05, 0.1) is 18.1 Å². The molecular weight excluding hydrogens is 232 g/mol. The molecular formula is C11H16N6O. The van der Waals surface area contributed by atoms with Crippen LogP contribution < -0.4 is 10.6 Å². The van der Waals surface area contributed by atoms with Gasteiger partial charge in [-0.05, 0) is 25.3 Å². The summed E-state index contributed by atoms with van der Waals surface area (Å²) in [7, 11) is 0. The molecule has 4 N–H and O–H groups in total. The predicted octanol–water partition coefficient (Wildman–Crippen LogP) is 1.20. The van der Waals surface area contributed by atoms with Crippen LogP contribution in [0.15, 0.2) is 18.6 Å². The molecule has 96 valence electrons. The Kier molecular flexibility index (Phi) is 3.95. The van der Waals surface area contributed by atoms with E-state index in [-0.39, 0.29) is 6.03 Å². The number of aryl methyl sites for hydroxylation is 2. The van der Waals surface area contributed by atoms with Gasteiger partial charge in [-0.3, -0.25) is 10.2 Å². The van der Waals surface area contributed by atoms with E-state index in [0.29, 0.717) is 12.2 Å². The van der Waals surface area contributed by atoms with Gasteiger partial charge in [-0.2, -0.15) is 10.2 Å². The molecule has 0 atom stereocenters. The van der Waals surface area contributed by atoms with Gasteiger partial charge >= 0.3 is 6.03 Å². The molecule has 0 unspecified atom stereocenters. The van der Waals surface area contributed by atoms with Gasteiger partial charge < -0.3 is 10.6 Å². The van der Waals surface area contributed by atoms with Gasteiger partial charge in [-0.25, -0.2) is 4.79 Å². The van der Waals surface area contributed by atoms with E-state index >= 15 is 0 Å². The van der Waals surface area contributed by atoms with Crippen molar-refractivity contribution in [1.29, 1.82) is 0 Å². The molecule has 0 spiro atoms. The Balaban J connectivity index is 1.63. The standard InChI is InChI=1S/C11H16N6O/c1-8-9(5-15-17-8)3-2-4-12-11(18)16-10-6-13-14-7-10/h5-7H,2-4H2,1H3,(H,13,14)(H,15,17)(H2,12,16,18). The molecule has 0 aromatic carbocycles. The van der Waals surface area contributed by atoms with E-state index in [4.69, 9.17) is 0 Å². The monoisotopic (exact) mass is 248 g/mol. The highest BCUT2D eigenvalue weighted by Crippen LogP contribution is 2.05. The number of amides is 2. The zero-order chi connectivity index (χ0) is 12.8. The van der Waals surface area contributed by atoms with Gasteiger partial charge in [0, 0.05) is 18.4 Å². The summed E-state index contributed by atoms with van der Waals surface area (Å²) in [4.78, 5) is 11.5. The maximum absolute atomic E-state index is 11.5. The lowest BCUT2D eigenvalue weighted by Gasteiger charge is -2.05. The van der Waals surface area contributed by atoms with E-state index in [9.17, 15) is 4.79 Å². The summed E-state index contributed by atoms with van der Waals surface area (Å²) in [6.07, 6.45) is 6.76. The number of aromatic nitrogens is 4. The number of anilines is 1. The average Bonchev–Trinajstić information content (AvgIpc) is 2.97. The zero-order valence-corrected chi connectivity index (χ0v) is 10.2. The fourth-order valence-electron chi connectivity index (χ4n) is 1.60. The van der Waals surface area contributed by atoms with Crippen molar-refractivity contribution in [1.82, 2.24) is 25.7 Å². The number of H-pyrrole nitrogens is 2. The SMILES string of the molecule is Cc1[nH]ncc1CCCNC(=O)Nc1cn[nH]c1. The maximum Gasteiger partial charge on any atom is 0.319 e. The van der Waals surface area contributed by atoms with Crippen LogP contribution in [-0.2, 0) is 6.42 Å². The Morgan fingerprint density at radius 3 is 2.94 bits per heavy atom. The molecule has 0 aliphatic carbocycles. The molecule has 0 fully saturated rings. The number of carbonyl (C=O) groups excluding carboxylic acids is 1. The molecule has 0 bridgehead atoms. The van der Waals surface area contributed by atoms with Crippen molar-refractivity contribution in [3.05, 3.63) is 29.8 Å². The van der Waals surface area contributed by atoms with Crippen LogP contribution in [0.3, 0.4) is 0 Å². The van der Waals surface area contributed by atoms with Gasteiger partial charge in [0.2, 0.25) is 0 Å². The minimum absolute atomic E-state index is 0.222. The predicted molar refractivity (Wildman–Crippen MR) is 67.3 cm³/mol. The molecule has 0 saturated heterocycles. The molecule has 0 aliphatic heterocycles. The number of nitrogens with zero attached hydrogens (tertiary/aromatic N) is 2. The average molecular weight is 248 g/mol. The third kappa shape index (κ3) is 3.34. The molecule has 0 saturated carbocycles. The van der Waals surface area contributed by atoms with Crippen LogP contribution in [-0.4, -0.2) is 33.0 Å². The van der Waals surface area contributed by atoms with Gasteiger partial charge in [0.1, 0.15) is 0 Å². The minimum atomic E-state index is -0.222. The molecule has 0 radical (unpaired) electrons. The van der Waals surface area contributed by atoms with Gasteiger partial charge in [-0.15, -0.1) is 0 Å². The van der Waals surface area contributed by atoms with Crippen LogP contribution in [0, 0.1) is 6.92 Å². The zero-order valence-electron chi connectivity index (χ0n) is 10.2. The number of hydrogen-bond donors (Lipinski definition) is 4. The first-order chi connectivity index (χ1) is 8.75. The van der Waals surface area contributed by atoms with E-state index in [0.717, 1.165) is 18.5 Å². The third-order valence-electron chi connectivity index (χ3n) is 2.60. The van der Waals surface area contributed by atoms with Crippen LogP contribution in [0.25, 0.3) is 0 Å².